The van der Waals surface area contributed by atoms with Crippen LogP contribution < -0.4 is 10.6 Å². The second kappa shape index (κ2) is 10.8. The van der Waals surface area contributed by atoms with E-state index in [-0.39, 0.29) is 44.3 Å². The van der Waals surface area contributed by atoms with Crippen LogP contribution >= 0.6 is 0 Å². The summed E-state index contributed by atoms with van der Waals surface area (Å²) < 4.78 is 6.82. The highest BCUT2D eigenvalue weighted by atomic mass is 16.5. The molecule has 0 bridgehead atoms. The molecule has 1 aliphatic rings. The van der Waals surface area contributed by atoms with Crippen molar-refractivity contribution >= 4 is 18.0 Å². The number of aliphatic carboxylic acids is 1. The Morgan fingerprint density at radius 3 is 2.34 bits per heavy atom. The Labute approximate surface area is 200 Å². The highest BCUT2D eigenvalue weighted by Gasteiger charge is 2.29. The molecular formula is C24H25N5O6. The van der Waals surface area contributed by atoms with E-state index in [9.17, 15) is 14.4 Å². The maximum Gasteiger partial charge on any atom is 0.407 e. The molecule has 11 heteroatoms. The van der Waals surface area contributed by atoms with Gasteiger partial charge in [0, 0.05) is 25.5 Å². The number of amides is 2. The van der Waals surface area contributed by atoms with Gasteiger partial charge in [0.2, 0.25) is 0 Å². The van der Waals surface area contributed by atoms with Gasteiger partial charge >= 0.3 is 12.1 Å². The first kappa shape index (κ1) is 23.9. The smallest absolute Gasteiger partial charge is 0.407 e. The number of fused-ring (bicyclic) bond motifs is 3. The van der Waals surface area contributed by atoms with Gasteiger partial charge in [-0.15, -0.1) is 5.10 Å². The number of carbonyl (C=O) groups is 3. The number of carboxylic acid groups (broad SMARTS) is 1. The highest BCUT2D eigenvalue weighted by molar-refractivity contribution is 5.94. The van der Waals surface area contributed by atoms with Crippen LogP contribution in [0.25, 0.3) is 11.1 Å². The fraction of sp³-hybridized carbons (Fsp3) is 0.292. The summed E-state index contributed by atoms with van der Waals surface area (Å²) in [5, 5.41) is 30.4. The number of alkyl carbamates (subject to hydrolysis) is 1. The van der Waals surface area contributed by atoms with Crippen molar-refractivity contribution in [2.75, 3.05) is 19.8 Å². The van der Waals surface area contributed by atoms with Crippen LogP contribution in [-0.2, 0) is 16.1 Å². The van der Waals surface area contributed by atoms with Gasteiger partial charge in [0.15, 0.2) is 5.69 Å². The number of carboxylic acids is 1. The second-order valence-electron chi connectivity index (χ2n) is 8.00. The minimum Gasteiger partial charge on any atom is -0.480 e. The fourth-order valence-corrected chi connectivity index (χ4v) is 4.05. The van der Waals surface area contributed by atoms with Crippen LogP contribution in [-0.4, -0.2) is 69.0 Å². The maximum absolute atomic E-state index is 12.3. The first-order valence-electron chi connectivity index (χ1n) is 11.1. The lowest BCUT2D eigenvalue weighted by Gasteiger charge is -2.14. The lowest BCUT2D eigenvalue weighted by atomic mass is 9.98. The molecule has 3 aromatic rings. The summed E-state index contributed by atoms with van der Waals surface area (Å²) in [6, 6.07) is 14.9. The molecule has 0 saturated heterocycles. The van der Waals surface area contributed by atoms with E-state index in [0.29, 0.717) is 0 Å². The first-order valence-corrected chi connectivity index (χ1v) is 11.1. The predicted octanol–water partition coefficient (Wildman–Crippen LogP) is 1.38. The zero-order valence-electron chi connectivity index (χ0n) is 18.8. The Hall–Kier alpha value is -4.25. The number of benzene rings is 2. The lowest BCUT2D eigenvalue weighted by molar-refractivity contribution is -0.139. The number of nitrogens with zero attached hydrogens (tertiary/aromatic N) is 3. The number of hydrogen-bond acceptors (Lipinski definition) is 7. The van der Waals surface area contributed by atoms with Gasteiger partial charge in [-0.3, -0.25) is 4.79 Å². The zero-order chi connectivity index (χ0) is 24.8. The van der Waals surface area contributed by atoms with Gasteiger partial charge in [0.1, 0.15) is 12.6 Å². The first-order chi connectivity index (χ1) is 17.0. The third-order valence-electron chi connectivity index (χ3n) is 5.75. The molecule has 182 valence electrons. The van der Waals surface area contributed by atoms with Crippen LogP contribution in [0.1, 0.15) is 34.0 Å². The summed E-state index contributed by atoms with van der Waals surface area (Å²) in [4.78, 5) is 35.5. The van der Waals surface area contributed by atoms with Gasteiger partial charge in [-0.2, -0.15) is 0 Å². The molecule has 4 rings (SSSR count). The average molecular weight is 479 g/mol. The topological polar surface area (TPSA) is 156 Å². The van der Waals surface area contributed by atoms with Crippen LogP contribution in [0, 0.1) is 0 Å². The number of nitrogens with one attached hydrogen (secondary N) is 2. The Kier molecular flexibility index (Phi) is 7.36. The quantitative estimate of drug-likeness (QED) is 0.340. The summed E-state index contributed by atoms with van der Waals surface area (Å²) in [6.07, 6.45) is 0.643. The molecule has 11 nitrogen and oxygen atoms in total. The van der Waals surface area contributed by atoms with E-state index in [2.05, 4.69) is 33.1 Å². The maximum atomic E-state index is 12.3. The molecule has 2 amide bonds. The third kappa shape index (κ3) is 5.46. The van der Waals surface area contributed by atoms with E-state index in [4.69, 9.17) is 14.9 Å². The van der Waals surface area contributed by atoms with Gasteiger partial charge in [0.05, 0.1) is 12.7 Å². The normalized spacial score (nSPS) is 12.9. The number of carbonyl (C=O) groups excluding carboxylic acids is 2. The Morgan fingerprint density at radius 2 is 1.71 bits per heavy atom. The standard InChI is InChI=1S/C24H25N5O6/c30-12-9-20(23(32)33)26-22(31)21-13-29(28-27-21)11-10-25-24(34)35-14-19-17-7-3-1-5-15(17)16-6-2-4-8-18(16)19/h1-8,13,19-20,30H,9-12,14H2,(H,25,34)(H,26,31)(H,32,33)/t20-/m1/s1. The second-order valence-corrected chi connectivity index (χ2v) is 8.00. The van der Waals surface area contributed by atoms with Gasteiger partial charge in [0.25, 0.3) is 5.91 Å². The SMILES string of the molecule is O=C(NCCn1cc(C(=O)N[C@H](CCO)C(=O)O)nn1)OCC1c2ccccc2-c2ccccc21. The molecule has 0 aliphatic heterocycles. The number of hydrogen-bond donors (Lipinski definition) is 4. The largest absolute Gasteiger partial charge is 0.480 e. The van der Waals surface area contributed by atoms with Crippen LogP contribution in [0.4, 0.5) is 4.79 Å². The van der Waals surface area contributed by atoms with E-state index in [1.54, 1.807) is 0 Å². The number of aliphatic hydroxyl groups is 1. The lowest BCUT2D eigenvalue weighted by Crippen LogP contribution is -2.41. The predicted molar refractivity (Wildman–Crippen MR) is 124 cm³/mol. The van der Waals surface area contributed by atoms with Crippen molar-refractivity contribution in [2.24, 2.45) is 0 Å². The van der Waals surface area contributed by atoms with Crippen molar-refractivity contribution in [2.45, 2.75) is 24.9 Å². The van der Waals surface area contributed by atoms with Crippen molar-refractivity contribution in [1.82, 2.24) is 25.6 Å². The molecule has 0 fully saturated rings. The number of aliphatic hydroxyl groups excluding tert-OH is 1. The summed E-state index contributed by atoms with van der Waals surface area (Å²) in [5.41, 5.74) is 4.47. The van der Waals surface area contributed by atoms with Gasteiger partial charge in [-0.05, 0) is 22.3 Å². The highest BCUT2D eigenvalue weighted by Crippen LogP contribution is 2.44. The monoisotopic (exact) mass is 479 g/mol. The van der Waals surface area contributed by atoms with E-state index in [0.717, 1.165) is 22.3 Å². The van der Waals surface area contributed by atoms with E-state index < -0.39 is 24.0 Å². The zero-order valence-corrected chi connectivity index (χ0v) is 18.8. The molecule has 1 aliphatic carbocycles. The van der Waals surface area contributed by atoms with Crippen LogP contribution in [0.3, 0.4) is 0 Å². The Balaban J connectivity index is 1.25. The summed E-state index contributed by atoms with van der Waals surface area (Å²) in [6.45, 7) is 0.227. The molecule has 4 N–H and O–H groups in total. The summed E-state index contributed by atoms with van der Waals surface area (Å²) in [5.74, 6) is -2.02. The third-order valence-corrected chi connectivity index (χ3v) is 5.75. The molecule has 35 heavy (non-hydrogen) atoms. The van der Waals surface area contributed by atoms with Gasteiger partial charge in [-0.25, -0.2) is 14.3 Å². The number of ether oxygens (including phenoxy) is 1. The molecule has 0 unspecified atom stereocenters. The van der Waals surface area contributed by atoms with Crippen LogP contribution in [0.5, 0.6) is 0 Å². The van der Waals surface area contributed by atoms with Crippen molar-refractivity contribution in [3.63, 3.8) is 0 Å². The van der Waals surface area contributed by atoms with E-state index >= 15 is 0 Å². The van der Waals surface area contributed by atoms with E-state index in [1.165, 1.54) is 10.9 Å². The molecule has 1 heterocycles. The minimum absolute atomic E-state index is 0.0370. The minimum atomic E-state index is -1.26. The fourth-order valence-electron chi connectivity index (χ4n) is 4.05. The van der Waals surface area contributed by atoms with Gasteiger partial charge < -0.3 is 25.6 Å². The number of aromatic nitrogens is 3. The molecule has 1 atom stereocenters. The Morgan fingerprint density at radius 1 is 1.06 bits per heavy atom. The van der Waals surface area contributed by atoms with E-state index in [1.807, 2.05) is 36.4 Å². The molecule has 0 saturated carbocycles. The molecule has 2 aromatic carbocycles. The van der Waals surface area contributed by atoms with Crippen LogP contribution in [0.2, 0.25) is 0 Å². The average Bonchev–Trinajstić information content (AvgIpc) is 3.45. The van der Waals surface area contributed by atoms with Gasteiger partial charge in [-0.1, -0.05) is 53.7 Å². The van der Waals surface area contributed by atoms with Crippen molar-refractivity contribution in [3.8, 4) is 11.1 Å². The molecule has 0 radical (unpaired) electrons. The van der Waals surface area contributed by atoms with Crippen molar-refractivity contribution in [1.29, 1.82) is 0 Å². The van der Waals surface area contributed by atoms with Crippen LogP contribution in [0.15, 0.2) is 54.7 Å². The summed E-state index contributed by atoms with van der Waals surface area (Å²) in [7, 11) is 0. The molecule has 0 spiro atoms. The molecule has 1 aromatic heterocycles. The van der Waals surface area contributed by atoms with Crippen molar-refractivity contribution < 1.29 is 29.3 Å². The van der Waals surface area contributed by atoms with Crippen molar-refractivity contribution in [3.05, 3.63) is 71.5 Å². The Bertz CT molecular complexity index is 1180. The molecular weight excluding hydrogens is 454 g/mol. The number of rotatable bonds is 10. The summed E-state index contributed by atoms with van der Waals surface area (Å²) >= 11 is 0.